The molecule has 5 nitrogen and oxygen atoms in total. The molecule has 2 N–H and O–H groups in total. The first-order valence-electron chi connectivity index (χ1n) is 8.03. The molecule has 0 bridgehead atoms. The number of anilines is 1. The first-order valence-corrected chi connectivity index (χ1v) is 8.91. The maximum absolute atomic E-state index is 12.3. The molecule has 1 atom stereocenters. The minimum absolute atomic E-state index is 0.0633. The highest BCUT2D eigenvalue weighted by atomic mass is 32.1. The standard InChI is InChI=1S/C18H22N4OS/c1-13-8-9-24-16(13)11-20-18(19-2)21-14-10-17(23)22(12-14)15-6-4-3-5-7-15/h3-9,14H,10-12H2,1-2H3,(H2,19,20,21). The van der Waals surface area contributed by atoms with Gasteiger partial charge in [0, 0.05) is 30.6 Å². The summed E-state index contributed by atoms with van der Waals surface area (Å²) in [6.45, 7) is 3.50. The lowest BCUT2D eigenvalue weighted by molar-refractivity contribution is -0.117. The van der Waals surface area contributed by atoms with Crippen LogP contribution in [0.15, 0.2) is 46.8 Å². The number of carbonyl (C=O) groups excluding carboxylic acids is 1. The summed E-state index contributed by atoms with van der Waals surface area (Å²) in [4.78, 5) is 19.7. The number of hydrogen-bond acceptors (Lipinski definition) is 3. The minimum Gasteiger partial charge on any atom is -0.352 e. The van der Waals surface area contributed by atoms with Crippen LogP contribution in [0, 0.1) is 6.92 Å². The average Bonchev–Trinajstić information content (AvgIpc) is 3.17. The fourth-order valence-electron chi connectivity index (χ4n) is 2.80. The van der Waals surface area contributed by atoms with Crippen LogP contribution in [-0.4, -0.2) is 31.5 Å². The smallest absolute Gasteiger partial charge is 0.229 e. The third kappa shape index (κ3) is 3.76. The molecule has 24 heavy (non-hydrogen) atoms. The molecule has 2 aromatic rings. The number of nitrogens with zero attached hydrogens (tertiary/aromatic N) is 2. The molecule has 1 amide bonds. The molecule has 0 radical (unpaired) electrons. The van der Waals surface area contributed by atoms with Crippen molar-refractivity contribution < 1.29 is 4.79 Å². The minimum atomic E-state index is 0.0633. The van der Waals surface area contributed by atoms with E-state index < -0.39 is 0 Å². The number of nitrogens with one attached hydrogen (secondary N) is 2. The molecule has 1 saturated heterocycles. The van der Waals surface area contributed by atoms with E-state index in [1.165, 1.54) is 10.4 Å². The van der Waals surface area contributed by atoms with Gasteiger partial charge in [0.15, 0.2) is 5.96 Å². The molecule has 1 aliphatic rings. The number of rotatable bonds is 4. The number of aliphatic imine (C=N–C) groups is 1. The monoisotopic (exact) mass is 342 g/mol. The molecule has 1 aliphatic heterocycles. The number of aryl methyl sites for hydroxylation is 1. The van der Waals surface area contributed by atoms with E-state index in [0.29, 0.717) is 13.0 Å². The van der Waals surface area contributed by atoms with Crippen LogP contribution in [0.25, 0.3) is 0 Å². The van der Waals surface area contributed by atoms with Crippen molar-refractivity contribution in [3.8, 4) is 0 Å². The predicted octanol–water partition coefficient (Wildman–Crippen LogP) is 2.53. The van der Waals surface area contributed by atoms with Crippen LogP contribution in [-0.2, 0) is 11.3 Å². The molecular weight excluding hydrogens is 320 g/mol. The number of para-hydroxylation sites is 1. The van der Waals surface area contributed by atoms with Crippen LogP contribution < -0.4 is 15.5 Å². The Morgan fingerprint density at radius 2 is 2.12 bits per heavy atom. The fraction of sp³-hybridized carbons (Fsp3) is 0.333. The van der Waals surface area contributed by atoms with Gasteiger partial charge >= 0.3 is 0 Å². The van der Waals surface area contributed by atoms with E-state index >= 15 is 0 Å². The van der Waals surface area contributed by atoms with E-state index in [1.807, 2.05) is 35.2 Å². The number of hydrogen-bond donors (Lipinski definition) is 2. The number of amides is 1. The second kappa shape index (κ2) is 7.49. The molecule has 1 aromatic heterocycles. The van der Waals surface area contributed by atoms with Gasteiger partial charge in [-0.2, -0.15) is 0 Å². The highest BCUT2D eigenvalue weighted by Crippen LogP contribution is 2.21. The molecule has 0 saturated carbocycles. The van der Waals surface area contributed by atoms with Crippen molar-refractivity contribution in [2.24, 2.45) is 4.99 Å². The van der Waals surface area contributed by atoms with Crippen molar-refractivity contribution >= 4 is 28.9 Å². The Balaban J connectivity index is 1.57. The highest BCUT2D eigenvalue weighted by Gasteiger charge is 2.31. The van der Waals surface area contributed by atoms with Gasteiger partial charge in [-0.1, -0.05) is 18.2 Å². The van der Waals surface area contributed by atoms with Crippen molar-refractivity contribution in [3.05, 3.63) is 52.2 Å². The van der Waals surface area contributed by atoms with E-state index in [2.05, 4.69) is 34.0 Å². The molecule has 126 valence electrons. The van der Waals surface area contributed by atoms with Crippen LogP contribution in [0.2, 0.25) is 0 Å². The third-order valence-electron chi connectivity index (χ3n) is 4.14. The fourth-order valence-corrected chi connectivity index (χ4v) is 3.64. The van der Waals surface area contributed by atoms with E-state index in [9.17, 15) is 4.79 Å². The van der Waals surface area contributed by atoms with Crippen LogP contribution in [0.5, 0.6) is 0 Å². The van der Waals surface area contributed by atoms with Gasteiger partial charge in [-0.3, -0.25) is 9.79 Å². The summed E-state index contributed by atoms with van der Waals surface area (Å²) in [5, 5.41) is 8.78. The molecule has 3 rings (SSSR count). The average molecular weight is 342 g/mol. The van der Waals surface area contributed by atoms with Gasteiger partial charge in [0.1, 0.15) is 0 Å². The number of carbonyl (C=O) groups is 1. The summed E-state index contributed by atoms with van der Waals surface area (Å²) in [5.41, 5.74) is 2.23. The van der Waals surface area contributed by atoms with Crippen LogP contribution in [0.3, 0.4) is 0 Å². The van der Waals surface area contributed by atoms with Crippen molar-refractivity contribution in [1.29, 1.82) is 0 Å². The lowest BCUT2D eigenvalue weighted by Crippen LogP contribution is -2.44. The van der Waals surface area contributed by atoms with Gasteiger partial charge in [0.05, 0.1) is 12.6 Å². The first kappa shape index (κ1) is 16.5. The Labute approximate surface area is 146 Å². The van der Waals surface area contributed by atoms with Crippen LogP contribution in [0.4, 0.5) is 5.69 Å². The topological polar surface area (TPSA) is 56.7 Å². The van der Waals surface area contributed by atoms with Gasteiger partial charge in [0.25, 0.3) is 0 Å². The Hall–Kier alpha value is -2.34. The number of thiophene rings is 1. The van der Waals surface area contributed by atoms with Crippen molar-refractivity contribution in [2.75, 3.05) is 18.5 Å². The quantitative estimate of drug-likeness (QED) is 0.663. The zero-order chi connectivity index (χ0) is 16.9. The van der Waals surface area contributed by atoms with E-state index in [-0.39, 0.29) is 11.9 Å². The molecule has 1 fully saturated rings. The van der Waals surface area contributed by atoms with E-state index in [1.54, 1.807) is 18.4 Å². The normalized spacial score (nSPS) is 18.1. The zero-order valence-electron chi connectivity index (χ0n) is 14.0. The SMILES string of the molecule is CN=C(NCc1sccc1C)NC1CC(=O)N(c2ccccc2)C1. The number of benzene rings is 1. The van der Waals surface area contributed by atoms with Gasteiger partial charge < -0.3 is 15.5 Å². The number of guanidine groups is 1. The first-order chi connectivity index (χ1) is 11.7. The molecule has 0 aliphatic carbocycles. The summed E-state index contributed by atoms with van der Waals surface area (Å²) >= 11 is 1.74. The third-order valence-corrected chi connectivity index (χ3v) is 5.16. The zero-order valence-corrected chi connectivity index (χ0v) is 14.8. The van der Waals surface area contributed by atoms with Crippen molar-refractivity contribution in [2.45, 2.75) is 25.9 Å². The maximum atomic E-state index is 12.3. The van der Waals surface area contributed by atoms with Crippen LogP contribution >= 0.6 is 11.3 Å². The highest BCUT2D eigenvalue weighted by molar-refractivity contribution is 7.10. The molecular formula is C18H22N4OS. The Morgan fingerprint density at radius 1 is 1.33 bits per heavy atom. The Kier molecular flexibility index (Phi) is 5.15. The molecule has 2 heterocycles. The van der Waals surface area contributed by atoms with Gasteiger partial charge in [-0.05, 0) is 36.1 Å². The molecule has 1 aromatic carbocycles. The van der Waals surface area contributed by atoms with Crippen molar-refractivity contribution in [3.63, 3.8) is 0 Å². The second-order valence-electron chi connectivity index (χ2n) is 5.84. The summed E-state index contributed by atoms with van der Waals surface area (Å²) in [6, 6.07) is 12.0. The van der Waals surface area contributed by atoms with Gasteiger partial charge in [-0.15, -0.1) is 11.3 Å². The predicted molar refractivity (Wildman–Crippen MR) is 99.6 cm³/mol. The van der Waals surface area contributed by atoms with Crippen molar-refractivity contribution in [1.82, 2.24) is 10.6 Å². The maximum Gasteiger partial charge on any atom is 0.229 e. The molecule has 1 unspecified atom stereocenters. The Bertz CT molecular complexity index is 726. The molecule has 6 heteroatoms. The summed E-state index contributed by atoms with van der Waals surface area (Å²) in [7, 11) is 1.75. The summed E-state index contributed by atoms with van der Waals surface area (Å²) < 4.78 is 0. The van der Waals surface area contributed by atoms with Gasteiger partial charge in [0.2, 0.25) is 5.91 Å². The largest absolute Gasteiger partial charge is 0.352 e. The van der Waals surface area contributed by atoms with E-state index in [0.717, 1.165) is 18.2 Å². The lowest BCUT2D eigenvalue weighted by Gasteiger charge is -2.19. The Morgan fingerprint density at radius 3 is 2.79 bits per heavy atom. The molecule has 0 spiro atoms. The second-order valence-corrected chi connectivity index (χ2v) is 6.84. The lowest BCUT2D eigenvalue weighted by atomic mass is 10.2. The van der Waals surface area contributed by atoms with Gasteiger partial charge in [-0.25, -0.2) is 0 Å². The van der Waals surface area contributed by atoms with Crippen LogP contribution in [0.1, 0.15) is 16.9 Å². The summed E-state index contributed by atoms with van der Waals surface area (Å²) in [6.07, 6.45) is 0.480. The van der Waals surface area contributed by atoms with E-state index in [4.69, 9.17) is 0 Å². The summed E-state index contributed by atoms with van der Waals surface area (Å²) in [5.74, 6) is 0.874.